The Labute approximate surface area is 221 Å². The van der Waals surface area contributed by atoms with Gasteiger partial charge in [-0.1, -0.05) is 33.1 Å². The Morgan fingerprint density at radius 3 is 2.66 bits per heavy atom. The molecule has 12 nitrogen and oxygen atoms in total. The van der Waals surface area contributed by atoms with Crippen LogP contribution in [0, 0.1) is 11.8 Å². The van der Waals surface area contributed by atoms with Crippen molar-refractivity contribution >= 4 is 34.9 Å². The molecule has 0 bridgehead atoms. The first-order valence-electron chi connectivity index (χ1n) is 13.2. The van der Waals surface area contributed by atoms with E-state index in [-0.39, 0.29) is 36.5 Å². The second-order valence-corrected chi connectivity index (χ2v) is 10.7. The van der Waals surface area contributed by atoms with Gasteiger partial charge in [-0.05, 0) is 31.6 Å². The van der Waals surface area contributed by atoms with Crippen LogP contribution in [0.5, 0.6) is 0 Å². The van der Waals surface area contributed by atoms with Crippen molar-refractivity contribution in [2.24, 2.45) is 17.6 Å². The van der Waals surface area contributed by atoms with Crippen molar-refractivity contribution < 1.29 is 28.2 Å². The number of carbonyl (C=O) groups is 2. The first-order chi connectivity index (χ1) is 18.0. The summed E-state index contributed by atoms with van der Waals surface area (Å²) in [5.74, 6) is -0.770. The van der Waals surface area contributed by atoms with Gasteiger partial charge in [0, 0.05) is 13.5 Å². The maximum atomic E-state index is 16.6. The molecule has 4 rings (SSSR count). The number of esters is 2. The van der Waals surface area contributed by atoms with Crippen molar-refractivity contribution in [3.63, 3.8) is 0 Å². The highest BCUT2D eigenvalue weighted by Crippen LogP contribution is 2.45. The van der Waals surface area contributed by atoms with Crippen LogP contribution in [0.25, 0.3) is 11.2 Å². The number of imidazole rings is 1. The molecule has 0 radical (unpaired) electrons. The number of nitrogens with zero attached hydrogens (tertiary/aromatic N) is 4. The molecule has 2 aromatic rings. The molecule has 2 aromatic heterocycles. The van der Waals surface area contributed by atoms with Crippen LogP contribution >= 0.6 is 0 Å². The van der Waals surface area contributed by atoms with Crippen LogP contribution in [-0.4, -0.2) is 69.0 Å². The first kappa shape index (κ1) is 28.0. The average molecular weight is 536 g/mol. The minimum absolute atomic E-state index is 0.0363. The van der Waals surface area contributed by atoms with Crippen LogP contribution in [0.15, 0.2) is 6.33 Å². The van der Waals surface area contributed by atoms with Gasteiger partial charge in [-0.25, -0.2) is 9.37 Å². The van der Waals surface area contributed by atoms with Gasteiger partial charge in [0.2, 0.25) is 5.95 Å². The van der Waals surface area contributed by atoms with Crippen molar-refractivity contribution in [1.82, 2.24) is 19.5 Å². The Bertz CT molecular complexity index is 1150. The van der Waals surface area contributed by atoms with E-state index < -0.39 is 42.1 Å². The lowest BCUT2D eigenvalue weighted by molar-refractivity contribution is -0.163. The molecule has 0 spiro atoms. The van der Waals surface area contributed by atoms with Gasteiger partial charge in [-0.3, -0.25) is 14.2 Å². The molecule has 5 N–H and O–H groups in total. The summed E-state index contributed by atoms with van der Waals surface area (Å²) in [6.45, 7) is 4.52. The molecule has 0 amide bonds. The fraction of sp³-hybridized carbons (Fsp3) is 0.720. The minimum atomic E-state index is -2.23. The predicted molar refractivity (Wildman–Crippen MR) is 138 cm³/mol. The lowest BCUT2D eigenvalue weighted by atomic mass is 9.87. The highest BCUT2D eigenvalue weighted by atomic mass is 19.1. The third-order valence-corrected chi connectivity index (χ3v) is 7.43. The smallest absolute Gasteiger partial charge is 0.323 e. The largest absolute Gasteiger partial charge is 0.462 e. The van der Waals surface area contributed by atoms with E-state index in [1.54, 1.807) is 20.9 Å². The summed E-state index contributed by atoms with van der Waals surface area (Å²) < 4.78 is 35.2. The zero-order valence-corrected chi connectivity index (χ0v) is 22.4. The predicted octanol–water partition coefficient (Wildman–Crippen LogP) is 2.48. The SMILES string of the molecule is CNc1nc(N)nc2c1ncn2[C@@H]1O[C@H](COC(=O)[C@@H](N)C(C)C)[C@@H](OC(=O)CC2CCCCC2)[C@@]1(C)F. The fourth-order valence-corrected chi connectivity index (χ4v) is 5.16. The van der Waals surface area contributed by atoms with Gasteiger partial charge in [0.25, 0.3) is 0 Å². The van der Waals surface area contributed by atoms with E-state index in [9.17, 15) is 9.59 Å². The maximum absolute atomic E-state index is 16.6. The van der Waals surface area contributed by atoms with Gasteiger partial charge in [0.1, 0.15) is 18.8 Å². The molecular formula is C25H38FN7O5. The van der Waals surface area contributed by atoms with E-state index in [1.807, 2.05) is 0 Å². The Balaban J connectivity index is 1.61. The molecule has 0 aromatic carbocycles. The molecule has 38 heavy (non-hydrogen) atoms. The molecule has 210 valence electrons. The van der Waals surface area contributed by atoms with Crippen molar-refractivity contribution in [2.45, 2.75) is 89.4 Å². The molecule has 1 saturated carbocycles. The van der Waals surface area contributed by atoms with Gasteiger partial charge < -0.3 is 31.0 Å². The number of hydrogen-bond acceptors (Lipinski definition) is 11. The number of alkyl halides is 1. The van der Waals surface area contributed by atoms with Crippen molar-refractivity contribution in [3.8, 4) is 0 Å². The molecule has 1 aliphatic carbocycles. The lowest BCUT2D eigenvalue weighted by Gasteiger charge is -2.29. The van der Waals surface area contributed by atoms with E-state index in [0.717, 1.165) is 32.1 Å². The zero-order chi connectivity index (χ0) is 27.6. The van der Waals surface area contributed by atoms with Gasteiger partial charge in [0.15, 0.2) is 35.0 Å². The van der Waals surface area contributed by atoms with Gasteiger partial charge in [-0.2, -0.15) is 9.97 Å². The van der Waals surface area contributed by atoms with Gasteiger partial charge in [-0.15, -0.1) is 0 Å². The number of hydrogen-bond donors (Lipinski definition) is 3. The third kappa shape index (κ3) is 5.68. The average Bonchev–Trinajstić information content (AvgIpc) is 3.39. The number of nitrogens with one attached hydrogen (secondary N) is 1. The fourth-order valence-electron chi connectivity index (χ4n) is 5.16. The molecule has 13 heteroatoms. The molecular weight excluding hydrogens is 497 g/mol. The minimum Gasteiger partial charge on any atom is -0.462 e. The van der Waals surface area contributed by atoms with Crippen LogP contribution in [0.2, 0.25) is 0 Å². The van der Waals surface area contributed by atoms with Crippen LogP contribution in [0.3, 0.4) is 0 Å². The number of carbonyl (C=O) groups excluding carboxylic acids is 2. The first-order valence-corrected chi connectivity index (χ1v) is 13.2. The van der Waals surface area contributed by atoms with E-state index in [0.29, 0.717) is 11.3 Å². The number of nitrogens with two attached hydrogens (primary N) is 2. The van der Waals surface area contributed by atoms with Gasteiger partial charge in [0.05, 0.1) is 6.33 Å². The molecule has 2 fully saturated rings. The van der Waals surface area contributed by atoms with Crippen LogP contribution in [0.1, 0.15) is 65.5 Å². The molecule has 1 saturated heterocycles. The lowest BCUT2D eigenvalue weighted by Crippen LogP contribution is -2.45. The van der Waals surface area contributed by atoms with E-state index in [4.69, 9.17) is 25.7 Å². The number of ether oxygens (including phenoxy) is 3. The monoisotopic (exact) mass is 535 g/mol. The number of anilines is 2. The maximum Gasteiger partial charge on any atom is 0.323 e. The van der Waals surface area contributed by atoms with E-state index in [2.05, 4.69) is 20.3 Å². The summed E-state index contributed by atoms with van der Waals surface area (Å²) >= 11 is 0. The van der Waals surface area contributed by atoms with Crippen LogP contribution in [0.4, 0.5) is 16.2 Å². The second kappa shape index (κ2) is 11.4. The number of fused-ring (bicyclic) bond motifs is 1. The van der Waals surface area contributed by atoms with E-state index in [1.165, 1.54) is 17.8 Å². The van der Waals surface area contributed by atoms with Crippen LogP contribution in [-0.2, 0) is 23.8 Å². The number of rotatable bonds is 9. The molecule has 5 atom stereocenters. The quantitative estimate of drug-likeness (QED) is 0.403. The Kier molecular flexibility index (Phi) is 8.36. The van der Waals surface area contributed by atoms with Crippen molar-refractivity contribution in [3.05, 3.63) is 6.33 Å². The summed E-state index contributed by atoms with van der Waals surface area (Å²) in [5.41, 5.74) is 10.1. The number of halogens is 1. The van der Waals surface area contributed by atoms with Crippen molar-refractivity contribution in [2.75, 3.05) is 24.7 Å². The summed E-state index contributed by atoms with van der Waals surface area (Å²) in [6, 6.07) is -0.853. The van der Waals surface area contributed by atoms with Crippen molar-refractivity contribution in [1.29, 1.82) is 0 Å². The Morgan fingerprint density at radius 1 is 1.29 bits per heavy atom. The zero-order valence-electron chi connectivity index (χ0n) is 22.4. The molecule has 1 aliphatic heterocycles. The topological polar surface area (TPSA) is 170 Å². The second-order valence-electron chi connectivity index (χ2n) is 10.7. The molecule has 2 aliphatic rings. The highest BCUT2D eigenvalue weighted by molar-refractivity contribution is 5.84. The standard InChI is InChI=1S/C25H38FN7O5/c1-13(2)17(27)22(35)36-11-15-19(38-16(34)10-14-8-6-5-7-9-14)25(3,26)23(37-15)33-12-30-18-20(29-4)31-24(28)32-21(18)33/h12-15,17,19,23H,5-11,27H2,1-4H3,(H3,28,29,31,32)/t15-,17+,19-,23-,25-/m1/s1. The highest BCUT2D eigenvalue weighted by Gasteiger charge is 2.58. The van der Waals surface area contributed by atoms with Crippen LogP contribution < -0.4 is 16.8 Å². The van der Waals surface area contributed by atoms with Gasteiger partial charge >= 0.3 is 11.9 Å². The Hall–Kier alpha value is -3.06. The summed E-state index contributed by atoms with van der Waals surface area (Å²) in [6.07, 6.45) is 2.98. The molecule has 3 heterocycles. The number of nitrogen functional groups attached to an aromatic ring is 1. The summed E-state index contributed by atoms with van der Waals surface area (Å²) in [5, 5.41) is 2.89. The normalized spacial score (nSPS) is 27.0. The third-order valence-electron chi connectivity index (χ3n) is 7.43. The number of aromatic nitrogens is 4. The Morgan fingerprint density at radius 2 is 2.00 bits per heavy atom. The van der Waals surface area contributed by atoms with E-state index >= 15 is 4.39 Å². The summed E-state index contributed by atoms with van der Waals surface area (Å²) in [4.78, 5) is 38.0. The molecule has 0 unspecified atom stereocenters. The summed E-state index contributed by atoms with van der Waals surface area (Å²) in [7, 11) is 1.65.